The van der Waals surface area contributed by atoms with Gasteiger partial charge in [0.1, 0.15) is 53.5 Å². The molecule has 0 atom stereocenters. The van der Waals surface area contributed by atoms with Crippen LogP contribution in [0.15, 0.2) is 93.8 Å². The summed E-state index contributed by atoms with van der Waals surface area (Å²) in [5, 5.41) is 12.6. The normalized spacial score (nSPS) is 11.6. The number of fused-ring (bicyclic) bond motifs is 2. The van der Waals surface area contributed by atoms with Crippen LogP contribution >= 0.6 is 0 Å². The van der Waals surface area contributed by atoms with Crippen LogP contribution < -0.4 is 9.47 Å². The smallest absolute Gasteiger partial charge is 0.138 e. The third-order valence-corrected chi connectivity index (χ3v) is 7.68. The fourth-order valence-corrected chi connectivity index (χ4v) is 5.41. The summed E-state index contributed by atoms with van der Waals surface area (Å²) >= 11 is 0. The number of hydrogen-bond donors (Lipinski definition) is 1. The van der Waals surface area contributed by atoms with Crippen LogP contribution in [0.4, 0.5) is 0 Å². The van der Waals surface area contributed by atoms with Gasteiger partial charge in [-0.1, -0.05) is 61.4 Å². The van der Waals surface area contributed by atoms with Gasteiger partial charge < -0.3 is 23.4 Å². The van der Waals surface area contributed by atoms with Crippen LogP contribution in [0.25, 0.3) is 44.6 Å². The zero-order chi connectivity index (χ0) is 29.2. The topological polar surface area (TPSA) is 65.0 Å². The Morgan fingerprint density at radius 2 is 1.05 bits per heavy atom. The lowest BCUT2D eigenvalue weighted by Gasteiger charge is -2.13. The van der Waals surface area contributed by atoms with Gasteiger partial charge in [0.2, 0.25) is 0 Å². The highest BCUT2D eigenvalue weighted by Gasteiger charge is 2.14. The number of rotatable bonds is 10. The predicted octanol–water partition coefficient (Wildman–Crippen LogP) is 9.07. The molecule has 2 aromatic heterocycles. The van der Waals surface area contributed by atoms with Gasteiger partial charge in [0.05, 0.1) is 0 Å². The summed E-state index contributed by atoms with van der Waals surface area (Å²) in [6.45, 7) is 8.70. The molecule has 0 radical (unpaired) electrons. The zero-order valence-electron chi connectivity index (χ0n) is 24.6. The largest absolute Gasteiger partial charge is 0.491 e. The molecule has 2 heterocycles. The van der Waals surface area contributed by atoms with E-state index in [-0.39, 0.29) is 13.2 Å². The Morgan fingerprint density at radius 1 is 0.595 bits per heavy atom. The van der Waals surface area contributed by atoms with E-state index >= 15 is 0 Å². The van der Waals surface area contributed by atoms with Gasteiger partial charge in [-0.2, -0.15) is 0 Å². The lowest BCUT2D eigenvalue weighted by Crippen LogP contribution is -2.25. The van der Waals surface area contributed by atoms with Gasteiger partial charge in [-0.15, -0.1) is 0 Å². The molecular formula is C37H36O5. The van der Waals surface area contributed by atoms with Crippen molar-refractivity contribution >= 4 is 21.9 Å². The summed E-state index contributed by atoms with van der Waals surface area (Å²) in [5.41, 5.74) is 8.72. The molecular weight excluding hydrogens is 524 g/mol. The molecule has 0 fully saturated rings. The molecule has 0 saturated carbocycles. The van der Waals surface area contributed by atoms with Crippen molar-refractivity contribution in [1.82, 2.24) is 0 Å². The van der Waals surface area contributed by atoms with Gasteiger partial charge in [0.15, 0.2) is 0 Å². The summed E-state index contributed by atoms with van der Waals surface area (Å²) in [4.78, 5) is 0. The minimum Gasteiger partial charge on any atom is -0.491 e. The van der Waals surface area contributed by atoms with E-state index in [1.807, 2.05) is 36.4 Å². The summed E-state index contributed by atoms with van der Waals surface area (Å²) in [7, 11) is 0. The van der Waals surface area contributed by atoms with E-state index in [4.69, 9.17) is 18.3 Å². The molecule has 0 spiro atoms. The maximum Gasteiger partial charge on any atom is 0.138 e. The fraction of sp³-hybridized carbons (Fsp3) is 0.243. The Bertz CT molecular complexity index is 1720. The number of benzene rings is 4. The lowest BCUT2D eigenvalue weighted by atomic mass is 10.0. The highest BCUT2D eigenvalue weighted by Crippen LogP contribution is 2.34. The quantitative estimate of drug-likeness (QED) is 0.181. The van der Waals surface area contributed by atoms with Gasteiger partial charge in [-0.05, 0) is 74.2 Å². The first kappa shape index (κ1) is 27.7. The van der Waals surface area contributed by atoms with Gasteiger partial charge in [-0.25, -0.2) is 0 Å². The molecule has 42 heavy (non-hydrogen) atoms. The first-order chi connectivity index (χ1) is 20.4. The molecule has 1 N–H and O–H groups in total. The second kappa shape index (κ2) is 11.8. The summed E-state index contributed by atoms with van der Waals surface area (Å²) < 4.78 is 24.2. The molecule has 0 unspecified atom stereocenters. The molecule has 0 amide bonds. The van der Waals surface area contributed by atoms with Crippen LogP contribution in [-0.4, -0.2) is 24.4 Å². The van der Waals surface area contributed by atoms with Gasteiger partial charge >= 0.3 is 0 Å². The van der Waals surface area contributed by atoms with E-state index in [0.29, 0.717) is 11.5 Å². The van der Waals surface area contributed by atoms with Crippen molar-refractivity contribution in [3.63, 3.8) is 0 Å². The highest BCUT2D eigenvalue weighted by atomic mass is 16.5. The molecule has 6 aromatic rings. The van der Waals surface area contributed by atoms with E-state index in [1.54, 1.807) is 0 Å². The Kier molecular flexibility index (Phi) is 7.77. The molecule has 0 bridgehead atoms. The maximum absolute atomic E-state index is 10.6. The average Bonchev–Trinajstić information content (AvgIpc) is 3.62. The first-order valence-corrected chi connectivity index (χ1v) is 14.6. The third kappa shape index (κ3) is 5.79. The first-order valence-electron chi connectivity index (χ1n) is 14.6. The lowest BCUT2D eigenvalue weighted by molar-refractivity contribution is 0.0627. The van der Waals surface area contributed by atoms with Crippen molar-refractivity contribution in [2.45, 2.75) is 46.6 Å². The van der Waals surface area contributed by atoms with Crippen LogP contribution in [-0.2, 0) is 12.8 Å². The predicted molar refractivity (Wildman–Crippen MR) is 169 cm³/mol. The highest BCUT2D eigenvalue weighted by molar-refractivity contribution is 5.85. The monoisotopic (exact) mass is 560 g/mol. The molecule has 6 rings (SSSR count). The number of aliphatic hydroxyl groups excluding tert-OH is 1. The van der Waals surface area contributed by atoms with Gasteiger partial charge in [-0.3, -0.25) is 0 Å². The maximum atomic E-state index is 10.6. The van der Waals surface area contributed by atoms with E-state index in [9.17, 15) is 5.11 Å². The molecule has 214 valence electrons. The van der Waals surface area contributed by atoms with E-state index < -0.39 is 6.10 Å². The Balaban J connectivity index is 1.08. The van der Waals surface area contributed by atoms with Crippen LogP contribution in [0.3, 0.4) is 0 Å². The molecule has 0 aliphatic rings. The minimum absolute atomic E-state index is 0.0946. The molecule has 5 nitrogen and oxygen atoms in total. The van der Waals surface area contributed by atoms with Crippen LogP contribution in [0.1, 0.15) is 36.1 Å². The van der Waals surface area contributed by atoms with Gasteiger partial charge in [0.25, 0.3) is 0 Å². The zero-order valence-corrected chi connectivity index (χ0v) is 24.6. The molecule has 0 saturated heterocycles. The molecule has 0 aliphatic carbocycles. The van der Waals surface area contributed by atoms with Crippen molar-refractivity contribution < 1.29 is 23.4 Å². The number of hydrogen-bond acceptors (Lipinski definition) is 5. The van der Waals surface area contributed by atoms with Crippen LogP contribution in [0.2, 0.25) is 0 Å². The van der Waals surface area contributed by atoms with Crippen molar-refractivity contribution in [1.29, 1.82) is 0 Å². The number of aryl methyl sites for hydroxylation is 4. The second-order valence-electron chi connectivity index (χ2n) is 10.9. The van der Waals surface area contributed by atoms with Crippen molar-refractivity contribution in [2.75, 3.05) is 13.2 Å². The van der Waals surface area contributed by atoms with E-state index in [2.05, 4.69) is 76.2 Å². The Labute approximate surface area is 246 Å². The standard InChI is InChI=1S/C37H36O5/c1-5-25-15-23(3)7-13-32(25)36-17-27-9-11-30(19-34(27)41-36)39-21-29(38)22-40-31-12-10-28-18-37(42-35(28)20-31)33-14-8-24(4)16-26(33)6-2/h7-20,29,38H,5-6,21-22H2,1-4H3. The Hall–Kier alpha value is -4.48. The molecule has 0 aliphatic heterocycles. The molecule has 4 aromatic carbocycles. The summed E-state index contributed by atoms with van der Waals surface area (Å²) in [5.74, 6) is 2.96. The van der Waals surface area contributed by atoms with E-state index in [1.165, 1.54) is 22.3 Å². The number of furan rings is 2. The van der Waals surface area contributed by atoms with Crippen LogP contribution in [0.5, 0.6) is 11.5 Å². The van der Waals surface area contributed by atoms with Crippen molar-refractivity contribution in [3.8, 4) is 34.1 Å². The number of aliphatic hydroxyl groups is 1. The number of ether oxygens (including phenoxy) is 2. The summed E-state index contributed by atoms with van der Waals surface area (Å²) in [6, 6.07) is 28.5. The fourth-order valence-electron chi connectivity index (χ4n) is 5.41. The Morgan fingerprint density at radius 3 is 1.48 bits per heavy atom. The van der Waals surface area contributed by atoms with E-state index in [0.717, 1.165) is 57.4 Å². The third-order valence-electron chi connectivity index (χ3n) is 7.68. The average molecular weight is 561 g/mol. The minimum atomic E-state index is -0.810. The van der Waals surface area contributed by atoms with Crippen molar-refractivity contribution in [3.05, 3.63) is 107 Å². The summed E-state index contributed by atoms with van der Waals surface area (Å²) in [6.07, 6.45) is 1.06. The SMILES string of the molecule is CCc1cc(C)ccc1-c1cc2ccc(OCC(O)COc3ccc4cc(-c5ccc(C)cc5CC)oc4c3)cc2o1. The van der Waals surface area contributed by atoms with Crippen LogP contribution in [0, 0.1) is 13.8 Å². The van der Waals surface area contributed by atoms with Crippen molar-refractivity contribution in [2.24, 2.45) is 0 Å². The molecule has 5 heteroatoms. The van der Waals surface area contributed by atoms with Gasteiger partial charge in [0, 0.05) is 34.0 Å². The second-order valence-corrected chi connectivity index (χ2v) is 10.9.